The van der Waals surface area contributed by atoms with Gasteiger partial charge >= 0.3 is 7.12 Å². The highest BCUT2D eigenvalue weighted by atomic mass is 32.2. The number of pyridine rings is 2. The molecule has 15 aromatic rings. The fourth-order valence-corrected chi connectivity index (χ4v) is 17.1. The normalized spacial score (nSPS) is 13.5. The van der Waals surface area contributed by atoms with Gasteiger partial charge in [-0.25, -0.2) is 61.1 Å². The second-order valence-corrected chi connectivity index (χ2v) is 31.0. The van der Waals surface area contributed by atoms with E-state index >= 15 is 0 Å². The Kier molecular flexibility index (Phi) is 18.2. The van der Waals surface area contributed by atoms with Gasteiger partial charge < -0.3 is 14.3 Å². The lowest BCUT2D eigenvalue weighted by Gasteiger charge is -2.32. The summed E-state index contributed by atoms with van der Waals surface area (Å²) in [6, 6.07) is 54.9. The van der Waals surface area contributed by atoms with Gasteiger partial charge in [-0.1, -0.05) is 78.9 Å². The monoisotopic (exact) mass is 1440 g/mol. The molecular formula is C78H58BF6N7O6S4. The molecule has 102 heavy (non-hydrogen) atoms. The van der Waals surface area contributed by atoms with E-state index in [1.807, 2.05) is 84.0 Å². The van der Waals surface area contributed by atoms with Crippen LogP contribution in [0.2, 0.25) is 0 Å². The molecule has 1 aliphatic rings. The quantitative estimate of drug-likeness (QED) is 0.0920. The fourth-order valence-electron chi connectivity index (χ4n) is 12.2. The fraction of sp³-hybridized carbons (Fsp3) is 0.103. The average molecular weight is 1440 g/mol. The van der Waals surface area contributed by atoms with Crippen LogP contribution in [0.15, 0.2) is 247 Å². The zero-order valence-corrected chi connectivity index (χ0v) is 58.4. The van der Waals surface area contributed by atoms with Crippen LogP contribution in [0.25, 0.3) is 110 Å². The molecule has 0 amide bonds. The Morgan fingerprint density at radius 3 is 1.25 bits per heavy atom. The molecule has 0 spiro atoms. The molecule has 7 aromatic heterocycles. The standard InChI is InChI=1S/C29H19F2N3O2S2.C26H24BF2NO4S.C23H15F2N3S/c1-18-28(33-29(37-18)19-12-14-32-15-13-19)20-10-11-25-21(16-20)17-26(27-23(30)8-5-9-24(27)31)34(25)38(35,36)22-6-3-2-4-7-22;1-25(2)26(3,4)34-27(33-25)18-13-14-22-17(15-18)16-23(24-20(28)11-8-12-21(24)29)30(22)35(31,32)19-9-6-5-7-10-19;1-13-22(28-23(29-13)14-7-9-26-10-8-14)15-5-6-19-16(11-15)12-20(27-19)21-17(24)3-2-4-18(21)25/h2-17H,1H3;5-16H,1-4H3;2-12,27H,1H3. The van der Waals surface area contributed by atoms with Crippen molar-refractivity contribution in [2.75, 3.05) is 0 Å². The second kappa shape index (κ2) is 27.1. The Morgan fingerprint density at radius 1 is 0.422 bits per heavy atom. The zero-order valence-electron chi connectivity index (χ0n) is 55.1. The summed E-state index contributed by atoms with van der Waals surface area (Å²) < 4.78 is 157. The van der Waals surface area contributed by atoms with Gasteiger partial charge in [0.25, 0.3) is 20.0 Å². The van der Waals surface area contributed by atoms with Crippen molar-refractivity contribution in [2.24, 2.45) is 0 Å². The lowest BCUT2D eigenvalue weighted by molar-refractivity contribution is 0.00578. The van der Waals surface area contributed by atoms with Crippen molar-refractivity contribution in [1.29, 1.82) is 0 Å². The zero-order chi connectivity index (χ0) is 71.6. The number of nitrogens with one attached hydrogen (secondary N) is 1. The van der Waals surface area contributed by atoms with Gasteiger partial charge in [-0.15, -0.1) is 22.7 Å². The molecule has 8 heterocycles. The third kappa shape index (κ3) is 12.8. The Bertz CT molecular complexity index is 5880. The second-order valence-electron chi connectivity index (χ2n) is 25.0. The van der Waals surface area contributed by atoms with Crippen molar-refractivity contribution in [1.82, 2.24) is 32.9 Å². The predicted molar refractivity (Wildman–Crippen MR) is 390 cm³/mol. The van der Waals surface area contributed by atoms with Crippen LogP contribution in [0, 0.1) is 48.8 Å². The largest absolute Gasteiger partial charge is 0.494 e. The minimum absolute atomic E-state index is 0.00512. The van der Waals surface area contributed by atoms with Crippen LogP contribution >= 0.6 is 22.7 Å². The lowest BCUT2D eigenvalue weighted by atomic mass is 9.78. The summed E-state index contributed by atoms with van der Waals surface area (Å²) in [4.78, 5) is 22.9. The van der Waals surface area contributed by atoms with Gasteiger partial charge in [0.1, 0.15) is 44.9 Å². The van der Waals surface area contributed by atoms with Crippen LogP contribution in [-0.4, -0.2) is 68.0 Å². The summed E-state index contributed by atoms with van der Waals surface area (Å²) in [6.07, 6.45) is 6.91. The van der Waals surface area contributed by atoms with Crippen molar-refractivity contribution in [3.63, 3.8) is 0 Å². The number of benzene rings is 8. The third-order valence-corrected chi connectivity index (χ3v) is 23.4. The minimum Gasteiger partial charge on any atom is -0.399 e. The number of rotatable bonds is 12. The van der Waals surface area contributed by atoms with Crippen LogP contribution < -0.4 is 5.46 Å². The predicted octanol–water partition coefficient (Wildman–Crippen LogP) is 19.0. The first-order valence-electron chi connectivity index (χ1n) is 31.9. The first kappa shape index (κ1) is 68.5. The molecule has 0 radical (unpaired) electrons. The molecule has 8 aromatic carbocycles. The van der Waals surface area contributed by atoms with Crippen molar-refractivity contribution < 1.29 is 52.5 Å². The van der Waals surface area contributed by atoms with Gasteiger partial charge in [0.2, 0.25) is 0 Å². The van der Waals surface area contributed by atoms with Crippen molar-refractivity contribution >= 4 is 88.0 Å². The molecule has 0 unspecified atom stereocenters. The van der Waals surface area contributed by atoms with E-state index in [1.54, 1.807) is 115 Å². The van der Waals surface area contributed by atoms with E-state index in [4.69, 9.17) is 19.3 Å². The van der Waals surface area contributed by atoms with Gasteiger partial charge in [0, 0.05) is 78.5 Å². The number of fused-ring (bicyclic) bond motifs is 3. The van der Waals surface area contributed by atoms with Crippen molar-refractivity contribution in [3.8, 4) is 77.4 Å². The first-order chi connectivity index (χ1) is 48.9. The van der Waals surface area contributed by atoms with E-state index in [0.717, 1.165) is 96.5 Å². The Balaban J connectivity index is 0.000000131. The summed E-state index contributed by atoms with van der Waals surface area (Å²) in [5.74, 6) is -4.60. The van der Waals surface area contributed by atoms with Crippen LogP contribution in [0.5, 0.6) is 0 Å². The first-order valence-corrected chi connectivity index (χ1v) is 36.4. The number of thiazole rings is 2. The number of nitrogens with zero attached hydrogens (tertiary/aromatic N) is 6. The summed E-state index contributed by atoms with van der Waals surface area (Å²) >= 11 is 3.17. The highest BCUT2D eigenvalue weighted by Gasteiger charge is 2.52. The molecule has 1 aliphatic heterocycles. The molecule has 0 aliphatic carbocycles. The summed E-state index contributed by atoms with van der Waals surface area (Å²) in [5.41, 5.74) is 5.66. The number of hydrogen-bond acceptors (Lipinski definition) is 12. The number of aromatic nitrogens is 7. The number of aryl methyl sites for hydroxylation is 2. The number of hydrogen-bond donors (Lipinski definition) is 1. The number of halogens is 6. The maximum absolute atomic E-state index is 14.9. The summed E-state index contributed by atoms with van der Waals surface area (Å²) in [6.45, 7) is 11.8. The van der Waals surface area contributed by atoms with Gasteiger partial charge in [-0.3, -0.25) is 9.97 Å². The van der Waals surface area contributed by atoms with Gasteiger partial charge in [0.15, 0.2) is 0 Å². The molecule has 13 nitrogen and oxygen atoms in total. The van der Waals surface area contributed by atoms with E-state index in [9.17, 15) is 43.2 Å². The lowest BCUT2D eigenvalue weighted by Crippen LogP contribution is -2.41. The topological polar surface area (TPSA) is 164 Å². The molecule has 16 rings (SSSR count). The van der Waals surface area contributed by atoms with Crippen molar-refractivity contribution in [3.05, 3.63) is 282 Å². The molecule has 510 valence electrons. The van der Waals surface area contributed by atoms with E-state index < -0.39 is 84.4 Å². The molecule has 24 heteroatoms. The Hall–Kier alpha value is -10.6. The molecule has 0 atom stereocenters. The van der Waals surface area contributed by atoms with E-state index in [-0.39, 0.29) is 32.3 Å². The van der Waals surface area contributed by atoms with E-state index in [1.165, 1.54) is 78.1 Å². The Morgan fingerprint density at radius 2 is 0.814 bits per heavy atom. The maximum atomic E-state index is 14.9. The molecule has 1 N–H and O–H groups in total. The molecule has 1 saturated heterocycles. The molecule has 0 saturated carbocycles. The smallest absolute Gasteiger partial charge is 0.399 e. The van der Waals surface area contributed by atoms with Crippen LogP contribution in [0.4, 0.5) is 26.3 Å². The molecular weight excluding hydrogens is 1380 g/mol. The summed E-state index contributed by atoms with van der Waals surface area (Å²) in [7, 11) is -9.04. The summed E-state index contributed by atoms with van der Waals surface area (Å²) in [5, 5.41) is 3.63. The van der Waals surface area contributed by atoms with Crippen LogP contribution in [0.1, 0.15) is 37.4 Å². The van der Waals surface area contributed by atoms with Gasteiger partial charge in [-0.2, -0.15) is 0 Å². The SMILES string of the molecule is CC1(C)OB(c2ccc3c(c2)cc(-c2c(F)cccc2F)n3S(=O)(=O)c2ccccc2)OC1(C)C.Cc1sc(-c2ccncc2)nc1-c1ccc2[nH]c(-c3c(F)cccc3F)cc2c1.Cc1sc(-c2ccncc2)nc1-c1ccc2c(c1)cc(-c1c(F)cccc1F)n2S(=O)(=O)c1ccccc1. The van der Waals surface area contributed by atoms with Gasteiger partial charge in [-0.05, 0) is 180 Å². The third-order valence-electron chi connectivity index (χ3n) is 17.9. The highest BCUT2D eigenvalue weighted by molar-refractivity contribution is 7.90. The number of H-pyrrole nitrogens is 1. The van der Waals surface area contributed by atoms with Crippen molar-refractivity contribution in [2.45, 2.75) is 62.5 Å². The van der Waals surface area contributed by atoms with Gasteiger partial charge in [0.05, 0.1) is 77.2 Å². The number of aromatic amines is 1. The van der Waals surface area contributed by atoms with Crippen LogP contribution in [-0.2, 0) is 29.4 Å². The Labute approximate surface area is 591 Å². The minimum atomic E-state index is -4.19. The molecule has 0 bridgehead atoms. The van der Waals surface area contributed by atoms with Crippen LogP contribution in [0.3, 0.4) is 0 Å². The van der Waals surface area contributed by atoms with E-state index in [0.29, 0.717) is 27.4 Å². The maximum Gasteiger partial charge on any atom is 0.494 e. The average Bonchev–Trinajstić information content (AvgIpc) is 1.57. The highest BCUT2D eigenvalue weighted by Crippen LogP contribution is 2.43. The molecule has 1 fully saturated rings. The van der Waals surface area contributed by atoms with E-state index in [2.05, 4.69) is 15.0 Å².